The number of hydrogen-bond donors (Lipinski definition) is 2. The second-order valence-electron chi connectivity index (χ2n) is 4.48. The average Bonchev–Trinajstić information content (AvgIpc) is 2.70. The van der Waals surface area contributed by atoms with Gasteiger partial charge in [0.05, 0.1) is 11.6 Å². The van der Waals surface area contributed by atoms with E-state index in [1.165, 1.54) is 0 Å². The molecule has 0 aliphatic carbocycles. The minimum Gasteiger partial charge on any atom is -0.453 e. The van der Waals surface area contributed by atoms with Crippen LogP contribution < -0.4 is 5.32 Å². The minimum atomic E-state index is -0.770. The van der Waals surface area contributed by atoms with Crippen LogP contribution in [0.3, 0.4) is 0 Å². The van der Waals surface area contributed by atoms with Crippen molar-refractivity contribution in [2.45, 2.75) is 31.9 Å². The van der Waals surface area contributed by atoms with E-state index in [9.17, 15) is 5.11 Å². The van der Waals surface area contributed by atoms with Crippen LogP contribution in [-0.4, -0.2) is 31.0 Å². The summed E-state index contributed by atoms with van der Waals surface area (Å²) in [5.74, 6) is 0.847. The quantitative estimate of drug-likeness (QED) is 0.812. The monoisotopic (exact) mass is 305 g/mol. The second kappa shape index (κ2) is 6.54. The number of halogens is 1. The molecule has 1 rings (SSSR count). The molecule has 2 atom stereocenters. The highest BCUT2D eigenvalue weighted by Crippen LogP contribution is 2.20. The largest absolute Gasteiger partial charge is 0.453 e. The Bertz CT molecular complexity index is 338. The molecule has 2 N–H and O–H groups in total. The Morgan fingerprint density at radius 3 is 2.82 bits per heavy atom. The van der Waals surface area contributed by atoms with Gasteiger partial charge in [0.15, 0.2) is 4.67 Å². The lowest BCUT2D eigenvalue weighted by molar-refractivity contribution is 0.0226. The molecule has 0 aliphatic heterocycles. The van der Waals surface area contributed by atoms with Gasteiger partial charge in [0.25, 0.3) is 0 Å². The number of furan rings is 1. The van der Waals surface area contributed by atoms with Crippen LogP contribution in [0.4, 0.5) is 0 Å². The molecule has 98 valence electrons. The van der Waals surface area contributed by atoms with E-state index in [2.05, 4.69) is 21.2 Å². The van der Waals surface area contributed by atoms with E-state index in [4.69, 9.17) is 9.15 Å². The molecule has 0 radical (unpaired) electrons. The molecule has 2 unspecified atom stereocenters. The van der Waals surface area contributed by atoms with Gasteiger partial charge in [0, 0.05) is 26.7 Å². The van der Waals surface area contributed by atoms with Crippen molar-refractivity contribution in [3.63, 3.8) is 0 Å². The van der Waals surface area contributed by atoms with Crippen LogP contribution in [0.5, 0.6) is 0 Å². The van der Waals surface area contributed by atoms with Crippen LogP contribution in [0.15, 0.2) is 21.2 Å². The molecular formula is C12H20BrNO3. The normalized spacial score (nSPS) is 16.8. The highest BCUT2D eigenvalue weighted by atomic mass is 79.9. The highest BCUT2D eigenvalue weighted by Gasteiger charge is 2.21. The Morgan fingerprint density at radius 2 is 2.29 bits per heavy atom. The molecule has 0 bridgehead atoms. The van der Waals surface area contributed by atoms with Gasteiger partial charge in [-0.15, -0.1) is 0 Å². The molecule has 1 heterocycles. The summed E-state index contributed by atoms with van der Waals surface area (Å²) >= 11 is 3.26. The van der Waals surface area contributed by atoms with Gasteiger partial charge in [-0.3, -0.25) is 0 Å². The van der Waals surface area contributed by atoms with Crippen molar-refractivity contribution in [3.05, 3.63) is 22.6 Å². The van der Waals surface area contributed by atoms with Crippen molar-refractivity contribution in [2.75, 3.05) is 20.3 Å². The Kier molecular flexibility index (Phi) is 5.66. The lowest BCUT2D eigenvalue weighted by Crippen LogP contribution is -2.39. The predicted molar refractivity (Wildman–Crippen MR) is 69.9 cm³/mol. The van der Waals surface area contributed by atoms with E-state index in [1.54, 1.807) is 14.0 Å². The fourth-order valence-electron chi connectivity index (χ4n) is 1.44. The number of rotatable bonds is 7. The van der Waals surface area contributed by atoms with Gasteiger partial charge in [-0.1, -0.05) is 0 Å². The van der Waals surface area contributed by atoms with Crippen molar-refractivity contribution in [1.29, 1.82) is 0 Å². The molecule has 0 saturated heterocycles. The van der Waals surface area contributed by atoms with Crippen molar-refractivity contribution in [3.8, 4) is 0 Å². The van der Waals surface area contributed by atoms with Gasteiger partial charge < -0.3 is 19.6 Å². The van der Waals surface area contributed by atoms with E-state index in [0.29, 0.717) is 24.2 Å². The first-order valence-corrected chi connectivity index (χ1v) is 6.44. The summed E-state index contributed by atoms with van der Waals surface area (Å²) in [6.07, 6.45) is 0.602. The summed E-state index contributed by atoms with van der Waals surface area (Å²) in [6, 6.07) is 3.83. The van der Waals surface area contributed by atoms with Crippen LogP contribution in [0.2, 0.25) is 0 Å². The summed E-state index contributed by atoms with van der Waals surface area (Å²) in [6.45, 7) is 4.84. The Hall–Kier alpha value is -0.360. The zero-order chi connectivity index (χ0) is 12.9. The van der Waals surface area contributed by atoms with E-state index in [0.717, 1.165) is 5.76 Å². The Balaban J connectivity index is 2.39. The molecule has 0 amide bonds. The standard InChI is InChI=1S/C12H20BrNO3/c1-9(10-4-5-11(13)17-10)14-8-12(2,15)6-7-16-3/h4-5,9,14-15H,6-8H2,1-3H3. The van der Waals surface area contributed by atoms with Gasteiger partial charge in [0.2, 0.25) is 0 Å². The van der Waals surface area contributed by atoms with Crippen molar-refractivity contribution >= 4 is 15.9 Å². The Labute approximate surface area is 110 Å². The topological polar surface area (TPSA) is 54.6 Å². The zero-order valence-electron chi connectivity index (χ0n) is 10.5. The molecule has 0 aliphatic rings. The maximum atomic E-state index is 10.1. The third-order valence-electron chi connectivity index (χ3n) is 2.65. The fourth-order valence-corrected chi connectivity index (χ4v) is 1.76. The molecule has 17 heavy (non-hydrogen) atoms. The zero-order valence-corrected chi connectivity index (χ0v) is 12.1. The van der Waals surface area contributed by atoms with Gasteiger partial charge in [-0.25, -0.2) is 0 Å². The summed E-state index contributed by atoms with van der Waals surface area (Å²) in [4.78, 5) is 0. The molecule has 1 aromatic heterocycles. The van der Waals surface area contributed by atoms with Crippen molar-refractivity contribution < 1.29 is 14.3 Å². The van der Waals surface area contributed by atoms with Crippen LogP contribution >= 0.6 is 15.9 Å². The van der Waals surface area contributed by atoms with E-state index >= 15 is 0 Å². The van der Waals surface area contributed by atoms with Crippen molar-refractivity contribution in [1.82, 2.24) is 5.32 Å². The molecule has 0 aromatic carbocycles. The number of methoxy groups -OCH3 is 1. The SMILES string of the molecule is COCCC(C)(O)CNC(C)c1ccc(Br)o1. The number of aliphatic hydroxyl groups is 1. The first kappa shape index (κ1) is 14.7. The molecule has 1 aromatic rings. The summed E-state index contributed by atoms with van der Waals surface area (Å²) in [7, 11) is 1.63. The first-order valence-electron chi connectivity index (χ1n) is 5.64. The number of hydrogen-bond acceptors (Lipinski definition) is 4. The molecule has 0 spiro atoms. The van der Waals surface area contributed by atoms with E-state index < -0.39 is 5.60 Å². The maximum Gasteiger partial charge on any atom is 0.169 e. The highest BCUT2D eigenvalue weighted by molar-refractivity contribution is 9.10. The Morgan fingerprint density at radius 1 is 1.59 bits per heavy atom. The maximum absolute atomic E-state index is 10.1. The van der Waals surface area contributed by atoms with E-state index in [1.807, 2.05) is 19.1 Å². The third kappa shape index (κ3) is 5.21. The van der Waals surface area contributed by atoms with E-state index in [-0.39, 0.29) is 6.04 Å². The first-order chi connectivity index (χ1) is 7.94. The van der Waals surface area contributed by atoms with Crippen LogP contribution in [0, 0.1) is 0 Å². The summed E-state index contributed by atoms with van der Waals surface area (Å²) < 4.78 is 11.1. The van der Waals surface area contributed by atoms with Crippen LogP contribution in [0.1, 0.15) is 32.1 Å². The lowest BCUT2D eigenvalue weighted by Gasteiger charge is -2.25. The fraction of sp³-hybridized carbons (Fsp3) is 0.667. The molecule has 4 nitrogen and oxygen atoms in total. The smallest absolute Gasteiger partial charge is 0.169 e. The lowest BCUT2D eigenvalue weighted by atomic mass is 10.0. The summed E-state index contributed by atoms with van der Waals surface area (Å²) in [5.41, 5.74) is -0.770. The predicted octanol–water partition coefficient (Wildman–Crippen LogP) is 2.48. The van der Waals surface area contributed by atoms with Gasteiger partial charge in [-0.2, -0.15) is 0 Å². The molecule has 0 saturated carbocycles. The summed E-state index contributed by atoms with van der Waals surface area (Å²) in [5, 5.41) is 13.3. The van der Waals surface area contributed by atoms with Gasteiger partial charge >= 0.3 is 0 Å². The van der Waals surface area contributed by atoms with Gasteiger partial charge in [-0.05, 0) is 41.9 Å². The van der Waals surface area contributed by atoms with Crippen molar-refractivity contribution in [2.24, 2.45) is 0 Å². The molecular weight excluding hydrogens is 286 g/mol. The number of ether oxygens (including phenoxy) is 1. The number of nitrogens with one attached hydrogen (secondary N) is 1. The van der Waals surface area contributed by atoms with Gasteiger partial charge in [0.1, 0.15) is 5.76 Å². The second-order valence-corrected chi connectivity index (χ2v) is 5.27. The third-order valence-corrected chi connectivity index (χ3v) is 3.08. The minimum absolute atomic E-state index is 0.0651. The average molecular weight is 306 g/mol. The molecule has 0 fully saturated rings. The molecule has 5 heteroatoms. The van der Waals surface area contributed by atoms with Crippen LogP contribution in [0.25, 0.3) is 0 Å². The van der Waals surface area contributed by atoms with Crippen LogP contribution in [-0.2, 0) is 4.74 Å².